The highest BCUT2D eigenvalue weighted by atomic mass is 19.4. The zero-order valence-corrected chi connectivity index (χ0v) is 8.01. The summed E-state index contributed by atoms with van der Waals surface area (Å²) < 4.78 is 37.5. The van der Waals surface area contributed by atoms with Crippen LogP contribution in [0.25, 0.3) is 0 Å². The lowest BCUT2D eigenvalue weighted by molar-refractivity contribution is -0.183. The third-order valence-corrected chi connectivity index (χ3v) is 2.76. The molecular formula is C9H12F3N3. The van der Waals surface area contributed by atoms with Crippen LogP contribution < -0.4 is 5.32 Å². The molecule has 1 aromatic rings. The summed E-state index contributed by atoms with van der Waals surface area (Å²) in [6.07, 6.45) is -2.28. The first-order valence-electron chi connectivity index (χ1n) is 4.87. The average molecular weight is 219 g/mol. The van der Waals surface area contributed by atoms with E-state index in [2.05, 4.69) is 15.5 Å². The Morgan fingerprint density at radius 2 is 2.20 bits per heavy atom. The Morgan fingerprint density at radius 3 is 2.80 bits per heavy atom. The summed E-state index contributed by atoms with van der Waals surface area (Å²) >= 11 is 0. The second-order valence-electron chi connectivity index (χ2n) is 3.78. The van der Waals surface area contributed by atoms with Crippen LogP contribution in [0, 0.1) is 5.92 Å². The van der Waals surface area contributed by atoms with Crippen LogP contribution in [0.2, 0.25) is 0 Å². The Morgan fingerprint density at radius 1 is 1.40 bits per heavy atom. The van der Waals surface area contributed by atoms with Crippen molar-refractivity contribution >= 4 is 0 Å². The fourth-order valence-corrected chi connectivity index (χ4v) is 1.91. The summed E-state index contributed by atoms with van der Waals surface area (Å²) in [6, 6.07) is 1.45. The number of alkyl halides is 3. The maximum Gasteiger partial charge on any atom is 0.391 e. The highest BCUT2D eigenvalue weighted by molar-refractivity contribution is 5.06. The van der Waals surface area contributed by atoms with E-state index < -0.39 is 12.1 Å². The quantitative estimate of drug-likeness (QED) is 0.758. The highest BCUT2D eigenvalue weighted by Gasteiger charge is 2.42. The van der Waals surface area contributed by atoms with Gasteiger partial charge in [0.25, 0.3) is 0 Å². The molecule has 2 N–H and O–H groups in total. The van der Waals surface area contributed by atoms with E-state index in [0.29, 0.717) is 6.54 Å². The standard InChI is InChI=1S/C9H12F3N3/c10-9(11,12)6-1-3-13-8(5-6)7-2-4-14-15-7/h2,4,6,8,13H,1,3,5H2,(H,14,15)/t6-,8+/m1/s1. The van der Waals surface area contributed by atoms with E-state index in [0.717, 1.165) is 5.69 Å². The van der Waals surface area contributed by atoms with Crippen molar-refractivity contribution in [3.63, 3.8) is 0 Å². The van der Waals surface area contributed by atoms with Gasteiger partial charge in [0.15, 0.2) is 0 Å². The second kappa shape index (κ2) is 3.84. The van der Waals surface area contributed by atoms with Gasteiger partial charge >= 0.3 is 6.18 Å². The molecule has 2 atom stereocenters. The maximum absolute atomic E-state index is 12.5. The average Bonchev–Trinajstić information content (AvgIpc) is 2.69. The van der Waals surface area contributed by atoms with Crippen molar-refractivity contribution in [2.75, 3.05) is 6.54 Å². The lowest BCUT2D eigenvalue weighted by Crippen LogP contribution is -2.38. The summed E-state index contributed by atoms with van der Waals surface area (Å²) in [5.74, 6) is -1.20. The van der Waals surface area contributed by atoms with Crippen molar-refractivity contribution in [2.24, 2.45) is 5.92 Å². The number of nitrogens with zero attached hydrogens (tertiary/aromatic N) is 1. The molecule has 6 heteroatoms. The number of hydrogen-bond donors (Lipinski definition) is 2. The van der Waals surface area contributed by atoms with Crippen molar-refractivity contribution in [1.29, 1.82) is 0 Å². The van der Waals surface area contributed by atoms with Crippen molar-refractivity contribution < 1.29 is 13.2 Å². The van der Waals surface area contributed by atoms with Crippen molar-refractivity contribution in [3.8, 4) is 0 Å². The molecule has 0 spiro atoms. The van der Waals surface area contributed by atoms with Crippen LogP contribution in [0.5, 0.6) is 0 Å². The molecule has 0 aromatic carbocycles. The Hall–Kier alpha value is -1.04. The predicted octanol–water partition coefficient (Wildman–Crippen LogP) is 2.01. The molecule has 1 aliphatic heterocycles. The molecule has 1 aromatic heterocycles. The largest absolute Gasteiger partial charge is 0.391 e. The van der Waals surface area contributed by atoms with Crippen molar-refractivity contribution in [2.45, 2.75) is 25.1 Å². The Labute approximate surface area is 85.1 Å². The number of aromatic nitrogens is 2. The zero-order valence-electron chi connectivity index (χ0n) is 8.01. The van der Waals surface area contributed by atoms with Gasteiger partial charge in [0.1, 0.15) is 0 Å². The molecule has 1 saturated heterocycles. The minimum Gasteiger partial charge on any atom is -0.309 e. The van der Waals surface area contributed by atoms with Crippen LogP contribution in [0.15, 0.2) is 12.3 Å². The molecule has 0 bridgehead atoms. The molecule has 3 nitrogen and oxygen atoms in total. The number of nitrogens with one attached hydrogen (secondary N) is 2. The first-order chi connectivity index (χ1) is 7.07. The van der Waals surface area contributed by atoms with Gasteiger partial charge in [0, 0.05) is 12.2 Å². The SMILES string of the molecule is FC(F)(F)[C@@H]1CCN[C@H](c2ccn[nH]2)C1. The van der Waals surface area contributed by atoms with Gasteiger partial charge in [-0.25, -0.2) is 0 Å². The van der Waals surface area contributed by atoms with Crippen LogP contribution in [0.1, 0.15) is 24.6 Å². The monoisotopic (exact) mass is 219 g/mol. The molecule has 0 aliphatic carbocycles. The van der Waals surface area contributed by atoms with Crippen LogP contribution in [0.3, 0.4) is 0 Å². The number of aromatic amines is 1. The van der Waals surface area contributed by atoms with E-state index in [4.69, 9.17) is 0 Å². The highest BCUT2D eigenvalue weighted by Crippen LogP contribution is 2.37. The summed E-state index contributed by atoms with van der Waals surface area (Å²) in [7, 11) is 0. The molecule has 2 rings (SSSR count). The van der Waals surface area contributed by atoms with E-state index in [1.165, 1.54) is 0 Å². The lowest BCUT2D eigenvalue weighted by Gasteiger charge is -2.30. The zero-order chi connectivity index (χ0) is 10.9. The maximum atomic E-state index is 12.5. The summed E-state index contributed by atoms with van der Waals surface area (Å²) in [5.41, 5.74) is 0.726. The van der Waals surface area contributed by atoms with Crippen molar-refractivity contribution in [3.05, 3.63) is 18.0 Å². The number of halogens is 3. The van der Waals surface area contributed by atoms with Gasteiger partial charge in [-0.3, -0.25) is 5.10 Å². The number of rotatable bonds is 1. The minimum atomic E-state index is -4.08. The van der Waals surface area contributed by atoms with Crippen molar-refractivity contribution in [1.82, 2.24) is 15.5 Å². The van der Waals surface area contributed by atoms with Crippen LogP contribution >= 0.6 is 0 Å². The number of H-pyrrole nitrogens is 1. The van der Waals surface area contributed by atoms with Crippen LogP contribution in [0.4, 0.5) is 13.2 Å². The molecule has 84 valence electrons. The molecule has 0 saturated carbocycles. The van der Waals surface area contributed by atoms with Crippen LogP contribution in [-0.4, -0.2) is 22.9 Å². The molecule has 0 unspecified atom stereocenters. The molecule has 1 fully saturated rings. The third kappa shape index (κ3) is 2.31. The van der Waals surface area contributed by atoms with Gasteiger partial charge in [0.05, 0.1) is 11.6 Å². The fraction of sp³-hybridized carbons (Fsp3) is 0.667. The second-order valence-corrected chi connectivity index (χ2v) is 3.78. The first-order valence-corrected chi connectivity index (χ1v) is 4.87. The van der Waals surface area contributed by atoms with Gasteiger partial charge in [-0.2, -0.15) is 18.3 Å². The van der Waals surface area contributed by atoms with E-state index in [1.807, 2.05) is 0 Å². The Bertz CT molecular complexity index is 307. The molecular weight excluding hydrogens is 207 g/mol. The van der Waals surface area contributed by atoms with Crippen LogP contribution in [-0.2, 0) is 0 Å². The first kappa shape index (κ1) is 10.5. The molecule has 2 heterocycles. The molecule has 0 amide bonds. The molecule has 15 heavy (non-hydrogen) atoms. The number of piperidine rings is 1. The summed E-state index contributed by atoms with van der Waals surface area (Å²) in [4.78, 5) is 0. The van der Waals surface area contributed by atoms with E-state index in [1.54, 1.807) is 12.3 Å². The minimum absolute atomic E-state index is 0.0890. The molecule has 0 radical (unpaired) electrons. The lowest BCUT2D eigenvalue weighted by atomic mass is 9.90. The van der Waals surface area contributed by atoms with Gasteiger partial charge in [-0.05, 0) is 25.5 Å². The van der Waals surface area contributed by atoms with E-state index in [-0.39, 0.29) is 18.9 Å². The predicted molar refractivity (Wildman–Crippen MR) is 48.1 cm³/mol. The van der Waals surface area contributed by atoms with Gasteiger partial charge in [0.2, 0.25) is 0 Å². The van der Waals surface area contributed by atoms with Gasteiger partial charge in [-0.1, -0.05) is 0 Å². The number of hydrogen-bond acceptors (Lipinski definition) is 2. The van der Waals surface area contributed by atoms with Gasteiger partial charge in [-0.15, -0.1) is 0 Å². The smallest absolute Gasteiger partial charge is 0.309 e. The third-order valence-electron chi connectivity index (χ3n) is 2.76. The van der Waals surface area contributed by atoms with E-state index >= 15 is 0 Å². The Kier molecular flexibility index (Phi) is 2.68. The van der Waals surface area contributed by atoms with E-state index in [9.17, 15) is 13.2 Å². The normalized spacial score (nSPS) is 27.9. The summed E-state index contributed by atoms with van der Waals surface area (Å²) in [5, 5.41) is 9.49. The molecule has 1 aliphatic rings. The Balaban J connectivity index is 2.05. The topological polar surface area (TPSA) is 40.7 Å². The fourth-order valence-electron chi connectivity index (χ4n) is 1.91. The van der Waals surface area contributed by atoms with Gasteiger partial charge < -0.3 is 5.32 Å². The summed E-state index contributed by atoms with van der Waals surface area (Å²) in [6.45, 7) is 0.397.